The van der Waals surface area contributed by atoms with E-state index in [4.69, 9.17) is 15.2 Å². The Kier molecular flexibility index (Phi) is 3.47. The van der Waals surface area contributed by atoms with Gasteiger partial charge >= 0.3 is 0 Å². The van der Waals surface area contributed by atoms with E-state index in [9.17, 15) is 8.42 Å². The molecule has 0 aliphatic carbocycles. The van der Waals surface area contributed by atoms with Crippen LogP contribution in [0.25, 0.3) is 0 Å². The number of anilines is 1. The fraction of sp³-hybridized carbons (Fsp3) is 0.200. The van der Waals surface area contributed by atoms with Crippen LogP contribution in [-0.4, -0.2) is 21.6 Å². The van der Waals surface area contributed by atoms with Crippen molar-refractivity contribution in [1.29, 1.82) is 0 Å². The Morgan fingerprint density at radius 1 is 0.952 bits per heavy atom. The molecule has 21 heavy (non-hydrogen) atoms. The average Bonchev–Trinajstić information content (AvgIpc) is 2.49. The lowest BCUT2D eigenvalue weighted by molar-refractivity contribution is 0.171. The molecular formula is C15H15NO4S. The van der Waals surface area contributed by atoms with Gasteiger partial charge in [-0.1, -0.05) is 12.1 Å². The number of sulfone groups is 1. The van der Waals surface area contributed by atoms with Crippen molar-refractivity contribution < 1.29 is 17.9 Å². The number of hydrogen-bond donors (Lipinski definition) is 1. The smallest absolute Gasteiger partial charge is 0.182 e. The molecular weight excluding hydrogens is 290 g/mol. The van der Waals surface area contributed by atoms with E-state index in [1.54, 1.807) is 36.4 Å². The maximum atomic E-state index is 12.4. The van der Waals surface area contributed by atoms with Gasteiger partial charge in [-0.05, 0) is 29.8 Å². The zero-order chi connectivity index (χ0) is 14.9. The van der Waals surface area contributed by atoms with Gasteiger partial charge < -0.3 is 15.2 Å². The van der Waals surface area contributed by atoms with Crippen LogP contribution in [-0.2, 0) is 15.6 Å². The standard InChI is InChI=1S/C15H15NO4S/c16-12-3-1-11(2-4-12)10-21(17,18)13-5-6-14-15(9-13)20-8-7-19-14/h1-6,9H,7-8,10,16H2. The molecule has 0 fully saturated rings. The second-order valence-corrected chi connectivity index (χ2v) is 6.80. The molecule has 5 nitrogen and oxygen atoms in total. The molecule has 0 atom stereocenters. The number of nitrogen functional groups attached to an aromatic ring is 1. The van der Waals surface area contributed by atoms with Crippen molar-refractivity contribution in [3.05, 3.63) is 48.0 Å². The van der Waals surface area contributed by atoms with Crippen LogP contribution in [0.15, 0.2) is 47.4 Å². The van der Waals surface area contributed by atoms with Crippen molar-refractivity contribution in [2.24, 2.45) is 0 Å². The minimum atomic E-state index is -3.44. The highest BCUT2D eigenvalue weighted by Crippen LogP contribution is 2.33. The highest BCUT2D eigenvalue weighted by Gasteiger charge is 2.19. The third-order valence-corrected chi connectivity index (χ3v) is 4.89. The van der Waals surface area contributed by atoms with Crippen molar-refractivity contribution in [2.45, 2.75) is 10.6 Å². The molecule has 0 unspecified atom stereocenters. The molecule has 0 saturated carbocycles. The maximum absolute atomic E-state index is 12.4. The van der Waals surface area contributed by atoms with E-state index in [1.807, 2.05) is 0 Å². The van der Waals surface area contributed by atoms with Crippen molar-refractivity contribution >= 4 is 15.5 Å². The van der Waals surface area contributed by atoms with Gasteiger partial charge in [0, 0.05) is 11.8 Å². The molecule has 1 aliphatic rings. The molecule has 2 aromatic carbocycles. The van der Waals surface area contributed by atoms with E-state index in [2.05, 4.69) is 0 Å². The zero-order valence-corrected chi connectivity index (χ0v) is 12.1. The molecule has 0 aromatic heterocycles. The second-order valence-electron chi connectivity index (χ2n) is 4.81. The Balaban J connectivity index is 1.89. The summed E-state index contributed by atoms with van der Waals surface area (Å²) in [5, 5.41) is 0. The lowest BCUT2D eigenvalue weighted by Gasteiger charge is -2.18. The van der Waals surface area contributed by atoms with Crippen LogP contribution in [0.2, 0.25) is 0 Å². The maximum Gasteiger partial charge on any atom is 0.182 e. The number of rotatable bonds is 3. The predicted molar refractivity (Wildman–Crippen MR) is 79.2 cm³/mol. The van der Waals surface area contributed by atoms with Crippen LogP contribution < -0.4 is 15.2 Å². The van der Waals surface area contributed by atoms with Gasteiger partial charge in [-0.3, -0.25) is 0 Å². The van der Waals surface area contributed by atoms with Gasteiger partial charge in [-0.15, -0.1) is 0 Å². The van der Waals surface area contributed by atoms with Gasteiger partial charge in [0.15, 0.2) is 21.3 Å². The van der Waals surface area contributed by atoms with Gasteiger partial charge in [0.25, 0.3) is 0 Å². The van der Waals surface area contributed by atoms with E-state index in [0.29, 0.717) is 36.0 Å². The topological polar surface area (TPSA) is 78.6 Å². The van der Waals surface area contributed by atoms with E-state index in [0.717, 1.165) is 0 Å². The third-order valence-electron chi connectivity index (χ3n) is 3.21. The number of fused-ring (bicyclic) bond motifs is 1. The highest BCUT2D eigenvalue weighted by molar-refractivity contribution is 7.90. The van der Waals surface area contributed by atoms with Crippen molar-refractivity contribution in [2.75, 3.05) is 18.9 Å². The van der Waals surface area contributed by atoms with Crippen molar-refractivity contribution in [1.82, 2.24) is 0 Å². The fourth-order valence-electron chi connectivity index (χ4n) is 2.13. The first-order valence-electron chi connectivity index (χ1n) is 6.51. The molecule has 1 aliphatic heterocycles. The molecule has 1 heterocycles. The summed E-state index contributed by atoms with van der Waals surface area (Å²) in [6.45, 7) is 0.902. The largest absolute Gasteiger partial charge is 0.486 e. The van der Waals surface area contributed by atoms with Crippen LogP contribution in [0, 0.1) is 0 Å². The molecule has 0 radical (unpaired) electrons. The SMILES string of the molecule is Nc1ccc(CS(=O)(=O)c2ccc3c(c2)OCCO3)cc1. The fourth-order valence-corrected chi connectivity index (χ4v) is 3.49. The summed E-state index contributed by atoms with van der Waals surface area (Å²) in [7, 11) is -3.44. The molecule has 0 saturated heterocycles. The van der Waals surface area contributed by atoms with Gasteiger partial charge in [0.1, 0.15) is 13.2 Å². The van der Waals surface area contributed by atoms with Gasteiger partial charge in [-0.25, -0.2) is 8.42 Å². The molecule has 2 aromatic rings. The van der Waals surface area contributed by atoms with Crippen LogP contribution in [0.4, 0.5) is 5.69 Å². The van der Waals surface area contributed by atoms with Crippen molar-refractivity contribution in [3.8, 4) is 11.5 Å². The molecule has 3 rings (SSSR count). The highest BCUT2D eigenvalue weighted by atomic mass is 32.2. The van der Waals surface area contributed by atoms with Crippen LogP contribution >= 0.6 is 0 Å². The number of benzene rings is 2. The Morgan fingerprint density at radius 3 is 2.33 bits per heavy atom. The quantitative estimate of drug-likeness (QED) is 0.878. The molecule has 6 heteroatoms. The Bertz CT molecular complexity index is 754. The van der Waals surface area contributed by atoms with Crippen LogP contribution in [0.5, 0.6) is 11.5 Å². The first-order valence-corrected chi connectivity index (χ1v) is 8.17. The molecule has 0 spiro atoms. The van der Waals surface area contributed by atoms with E-state index >= 15 is 0 Å². The average molecular weight is 305 g/mol. The monoisotopic (exact) mass is 305 g/mol. The summed E-state index contributed by atoms with van der Waals surface area (Å²) in [5.74, 6) is 0.972. The normalized spacial score (nSPS) is 13.9. The Morgan fingerprint density at radius 2 is 1.62 bits per heavy atom. The molecule has 0 amide bonds. The lowest BCUT2D eigenvalue weighted by atomic mass is 10.2. The van der Waals surface area contributed by atoms with Gasteiger partial charge in [-0.2, -0.15) is 0 Å². The Hall–Kier alpha value is -2.21. The lowest BCUT2D eigenvalue weighted by Crippen LogP contribution is -2.16. The van der Waals surface area contributed by atoms with Gasteiger partial charge in [0.05, 0.1) is 10.6 Å². The summed E-state index contributed by atoms with van der Waals surface area (Å²) in [5.41, 5.74) is 6.90. The van der Waals surface area contributed by atoms with E-state index in [-0.39, 0.29) is 10.6 Å². The minimum absolute atomic E-state index is 0.0765. The van der Waals surface area contributed by atoms with Crippen LogP contribution in [0.3, 0.4) is 0 Å². The van der Waals surface area contributed by atoms with Crippen molar-refractivity contribution in [3.63, 3.8) is 0 Å². The minimum Gasteiger partial charge on any atom is -0.486 e. The summed E-state index contributed by atoms with van der Waals surface area (Å²) in [4.78, 5) is 0.226. The predicted octanol–water partition coefficient (Wildman–Crippen LogP) is 2.01. The number of hydrogen-bond acceptors (Lipinski definition) is 5. The molecule has 2 N–H and O–H groups in total. The first-order chi connectivity index (χ1) is 10.0. The molecule has 0 bridgehead atoms. The number of nitrogens with two attached hydrogens (primary N) is 1. The summed E-state index contributed by atoms with van der Waals surface area (Å²) < 4.78 is 35.7. The summed E-state index contributed by atoms with van der Waals surface area (Å²) in [6, 6.07) is 11.5. The second kappa shape index (κ2) is 5.29. The van der Waals surface area contributed by atoms with Gasteiger partial charge in [0.2, 0.25) is 0 Å². The van der Waals surface area contributed by atoms with Crippen LogP contribution in [0.1, 0.15) is 5.56 Å². The number of ether oxygens (including phenoxy) is 2. The summed E-state index contributed by atoms with van der Waals surface area (Å²) >= 11 is 0. The third kappa shape index (κ3) is 2.95. The van der Waals surface area contributed by atoms with E-state index in [1.165, 1.54) is 6.07 Å². The molecule has 110 valence electrons. The zero-order valence-electron chi connectivity index (χ0n) is 11.3. The Labute approximate surface area is 123 Å². The first kappa shape index (κ1) is 13.8. The summed E-state index contributed by atoms with van der Waals surface area (Å²) in [6.07, 6.45) is 0. The van der Waals surface area contributed by atoms with E-state index < -0.39 is 9.84 Å².